The lowest BCUT2D eigenvalue weighted by atomic mass is 10.2. The van der Waals surface area contributed by atoms with Gasteiger partial charge in [0.05, 0.1) is 17.9 Å². The van der Waals surface area contributed by atoms with E-state index in [2.05, 4.69) is 6.92 Å². The van der Waals surface area contributed by atoms with Crippen molar-refractivity contribution in [2.75, 3.05) is 19.5 Å². The van der Waals surface area contributed by atoms with Gasteiger partial charge in [0.25, 0.3) is 0 Å². The Kier molecular flexibility index (Phi) is 9.43. The zero-order valence-corrected chi connectivity index (χ0v) is 12.4. The first-order valence-corrected chi connectivity index (χ1v) is 8.55. The first-order valence-electron chi connectivity index (χ1n) is 5.78. The van der Waals surface area contributed by atoms with E-state index in [1.807, 2.05) is 26.2 Å². The van der Waals surface area contributed by atoms with E-state index in [-0.39, 0.29) is 0 Å². The Morgan fingerprint density at radius 3 is 2.19 bits per heavy atom. The molecule has 0 aliphatic carbocycles. The zero-order chi connectivity index (χ0) is 12.4. The molecule has 16 heavy (non-hydrogen) atoms. The predicted molar refractivity (Wildman–Crippen MR) is 72.0 cm³/mol. The molecule has 0 amide bonds. The second-order valence-electron chi connectivity index (χ2n) is 3.22. The minimum atomic E-state index is -3.05. The Hall–Kier alpha value is 0.240. The van der Waals surface area contributed by atoms with Crippen LogP contribution in [0.4, 0.5) is 0 Å². The summed E-state index contributed by atoms with van der Waals surface area (Å²) in [5, 5.41) is 0. The molecule has 0 aliphatic heterocycles. The number of hydrogen-bond acceptors (Lipinski definition) is 4. The fourth-order valence-corrected chi connectivity index (χ4v) is 4.10. The van der Waals surface area contributed by atoms with Gasteiger partial charge in [-0.2, -0.15) is 0 Å². The van der Waals surface area contributed by atoms with E-state index in [1.165, 1.54) is 11.8 Å². The van der Waals surface area contributed by atoms with Crippen molar-refractivity contribution in [3.63, 3.8) is 0 Å². The average molecular weight is 266 g/mol. The maximum absolute atomic E-state index is 12.4. The Bertz CT molecular complexity index is 244. The van der Waals surface area contributed by atoms with Crippen LogP contribution in [-0.4, -0.2) is 19.5 Å². The van der Waals surface area contributed by atoms with Crippen molar-refractivity contribution in [2.24, 2.45) is 0 Å². The Labute approximate surface area is 104 Å². The molecule has 0 rings (SSSR count). The van der Waals surface area contributed by atoms with Crippen LogP contribution < -0.4 is 0 Å². The lowest BCUT2D eigenvalue weighted by Crippen LogP contribution is -1.97. The normalized spacial score (nSPS) is 13.1. The summed E-state index contributed by atoms with van der Waals surface area (Å²) in [6, 6.07) is 0. The van der Waals surface area contributed by atoms with Gasteiger partial charge in [0.2, 0.25) is 0 Å². The van der Waals surface area contributed by atoms with Gasteiger partial charge in [0.1, 0.15) is 0 Å². The average Bonchev–Trinajstić information content (AvgIpc) is 2.25. The highest BCUT2D eigenvalue weighted by Gasteiger charge is 2.28. The van der Waals surface area contributed by atoms with Crippen LogP contribution in [0.2, 0.25) is 0 Å². The molecule has 5 heteroatoms. The van der Waals surface area contributed by atoms with E-state index in [0.717, 1.165) is 23.9 Å². The Balaban J connectivity index is 4.69. The zero-order valence-electron chi connectivity index (χ0n) is 10.7. The van der Waals surface area contributed by atoms with Crippen molar-refractivity contribution >= 4 is 19.4 Å². The van der Waals surface area contributed by atoms with Crippen molar-refractivity contribution < 1.29 is 13.6 Å². The minimum absolute atomic E-state index is 0.406. The smallest absolute Gasteiger partial charge is 0.305 e. The van der Waals surface area contributed by atoms with E-state index in [9.17, 15) is 4.57 Å². The second-order valence-corrected chi connectivity index (χ2v) is 6.37. The molecule has 3 nitrogen and oxygen atoms in total. The van der Waals surface area contributed by atoms with Gasteiger partial charge in [-0.1, -0.05) is 25.8 Å². The van der Waals surface area contributed by atoms with Crippen molar-refractivity contribution in [3.8, 4) is 0 Å². The van der Waals surface area contributed by atoms with Gasteiger partial charge in [-0.25, -0.2) is 0 Å². The molecule has 0 unspecified atom stereocenters. The molecular formula is C11H23O3PS. The summed E-state index contributed by atoms with van der Waals surface area (Å²) < 4.78 is 23.7. The van der Waals surface area contributed by atoms with E-state index >= 15 is 0 Å². The van der Waals surface area contributed by atoms with Crippen LogP contribution in [0.1, 0.15) is 40.0 Å². The molecule has 0 spiro atoms. The van der Waals surface area contributed by atoms with Crippen LogP contribution in [-0.2, 0) is 13.6 Å². The lowest BCUT2D eigenvalue weighted by molar-refractivity contribution is 0.228. The SMILES string of the molecule is CCCC/C=C(\SC)P(=O)(OCC)OCC. The summed E-state index contributed by atoms with van der Waals surface area (Å²) in [5.74, 6) is 0. The number of thioether (sulfide) groups is 1. The van der Waals surface area contributed by atoms with E-state index in [4.69, 9.17) is 9.05 Å². The maximum Gasteiger partial charge on any atom is 0.367 e. The molecule has 0 heterocycles. The molecule has 0 radical (unpaired) electrons. The lowest BCUT2D eigenvalue weighted by Gasteiger charge is -2.18. The monoisotopic (exact) mass is 266 g/mol. The van der Waals surface area contributed by atoms with Crippen LogP contribution in [0, 0.1) is 0 Å². The van der Waals surface area contributed by atoms with Gasteiger partial charge < -0.3 is 9.05 Å². The van der Waals surface area contributed by atoms with Gasteiger partial charge in [-0.3, -0.25) is 4.57 Å². The van der Waals surface area contributed by atoms with Crippen LogP contribution in [0.15, 0.2) is 10.7 Å². The van der Waals surface area contributed by atoms with E-state index in [1.54, 1.807) is 0 Å². The molecule has 0 aromatic carbocycles. The Morgan fingerprint density at radius 1 is 1.25 bits per heavy atom. The van der Waals surface area contributed by atoms with Crippen molar-refractivity contribution in [3.05, 3.63) is 10.7 Å². The third kappa shape index (κ3) is 5.53. The molecule has 0 saturated carbocycles. The van der Waals surface area contributed by atoms with Gasteiger partial charge in [-0.15, -0.1) is 11.8 Å². The standard InChI is InChI=1S/C11H23O3PS/c1-5-8-9-10-11(16-4)15(12,13-6-2)14-7-3/h10H,5-9H2,1-4H3/b11-10-. The summed E-state index contributed by atoms with van der Waals surface area (Å²) >= 11 is 1.46. The molecular weight excluding hydrogens is 243 g/mol. The molecule has 0 N–H and O–H groups in total. The highest BCUT2D eigenvalue weighted by atomic mass is 32.2. The topological polar surface area (TPSA) is 35.5 Å². The first kappa shape index (κ1) is 16.2. The maximum atomic E-state index is 12.4. The van der Waals surface area contributed by atoms with E-state index in [0.29, 0.717) is 13.2 Å². The van der Waals surface area contributed by atoms with Gasteiger partial charge in [-0.05, 0) is 26.5 Å². The predicted octanol–water partition coefficient (Wildman–Crippen LogP) is 4.65. The van der Waals surface area contributed by atoms with Crippen LogP contribution >= 0.6 is 19.4 Å². The summed E-state index contributed by atoms with van der Waals surface area (Å²) in [6.07, 6.45) is 7.05. The van der Waals surface area contributed by atoms with Gasteiger partial charge >= 0.3 is 7.60 Å². The summed E-state index contributed by atoms with van der Waals surface area (Å²) in [7, 11) is -3.05. The van der Waals surface area contributed by atoms with E-state index < -0.39 is 7.60 Å². The molecule has 0 aliphatic rings. The largest absolute Gasteiger partial charge is 0.367 e. The molecule has 0 aromatic rings. The molecule has 0 fully saturated rings. The second kappa shape index (κ2) is 9.29. The van der Waals surface area contributed by atoms with Crippen molar-refractivity contribution in [1.82, 2.24) is 0 Å². The number of hydrogen-bond donors (Lipinski definition) is 0. The molecule has 0 atom stereocenters. The van der Waals surface area contributed by atoms with Crippen molar-refractivity contribution in [2.45, 2.75) is 40.0 Å². The summed E-state index contributed by atoms with van der Waals surface area (Å²) in [6.45, 7) is 6.61. The number of unbranched alkanes of at least 4 members (excludes halogenated alkanes) is 2. The fraction of sp³-hybridized carbons (Fsp3) is 0.818. The third-order valence-electron chi connectivity index (χ3n) is 1.95. The summed E-state index contributed by atoms with van der Waals surface area (Å²) in [4.78, 5) is 0. The minimum Gasteiger partial charge on any atom is -0.305 e. The highest BCUT2D eigenvalue weighted by Crippen LogP contribution is 2.59. The number of rotatable bonds is 9. The third-order valence-corrected chi connectivity index (χ3v) is 5.68. The van der Waals surface area contributed by atoms with Gasteiger partial charge in [0, 0.05) is 0 Å². The van der Waals surface area contributed by atoms with Crippen LogP contribution in [0.5, 0.6) is 0 Å². The Morgan fingerprint density at radius 2 is 1.81 bits per heavy atom. The molecule has 0 aromatic heterocycles. The van der Waals surface area contributed by atoms with Crippen molar-refractivity contribution in [1.29, 1.82) is 0 Å². The van der Waals surface area contributed by atoms with Gasteiger partial charge in [0.15, 0.2) is 0 Å². The number of allylic oxidation sites excluding steroid dienone is 1. The quantitative estimate of drug-likeness (QED) is 0.449. The molecule has 0 saturated heterocycles. The molecule has 96 valence electrons. The first-order chi connectivity index (χ1) is 7.64. The van der Waals surface area contributed by atoms with Crippen LogP contribution in [0.25, 0.3) is 0 Å². The highest BCUT2D eigenvalue weighted by molar-refractivity contribution is 8.09. The summed E-state index contributed by atoms with van der Waals surface area (Å²) in [5.41, 5.74) is 0. The molecule has 0 bridgehead atoms. The fourth-order valence-electron chi connectivity index (χ4n) is 1.24. The van der Waals surface area contributed by atoms with Crippen LogP contribution in [0.3, 0.4) is 0 Å².